The van der Waals surface area contributed by atoms with E-state index in [0.29, 0.717) is 23.2 Å². The van der Waals surface area contributed by atoms with Crippen molar-refractivity contribution in [2.75, 3.05) is 38.9 Å². The third-order valence-corrected chi connectivity index (χ3v) is 5.36. The molecule has 5 atom stereocenters. The van der Waals surface area contributed by atoms with E-state index >= 15 is 0 Å². The molecule has 4 aliphatic heterocycles. The van der Waals surface area contributed by atoms with Gasteiger partial charge in [-0.15, -0.1) is 0 Å². The molecule has 0 spiro atoms. The van der Waals surface area contributed by atoms with Crippen molar-refractivity contribution in [1.29, 1.82) is 0 Å². The molecule has 0 aliphatic carbocycles. The van der Waals surface area contributed by atoms with Gasteiger partial charge in [-0.2, -0.15) is 0 Å². The van der Waals surface area contributed by atoms with Crippen molar-refractivity contribution in [1.82, 2.24) is 25.8 Å². The van der Waals surface area contributed by atoms with E-state index in [1.807, 2.05) is 13.1 Å². The molecule has 5 rings (SSSR count). The molecule has 1 aromatic carbocycles. The number of hydrogen-bond acceptors (Lipinski definition) is 7. The normalized spacial score (nSPS) is 30.5. The molecule has 0 aromatic heterocycles. The number of carbonyl (C=O) groups excluding carboxylic acids is 1. The van der Waals surface area contributed by atoms with Crippen LogP contribution in [0.2, 0.25) is 0 Å². The second-order valence-electron chi connectivity index (χ2n) is 7.22. The van der Waals surface area contributed by atoms with E-state index in [4.69, 9.17) is 9.47 Å². The van der Waals surface area contributed by atoms with Crippen molar-refractivity contribution in [3.63, 3.8) is 0 Å². The first kappa shape index (κ1) is 18.3. The molecule has 148 valence electrons. The van der Waals surface area contributed by atoms with E-state index in [1.165, 1.54) is 0 Å². The molecule has 0 radical (unpaired) electrons. The van der Waals surface area contributed by atoms with Gasteiger partial charge in [0.2, 0.25) is 6.79 Å². The third kappa shape index (κ3) is 3.81. The van der Waals surface area contributed by atoms with Crippen LogP contribution in [0.25, 0.3) is 0 Å². The Balaban J connectivity index is 1.31. The minimum Gasteiger partial charge on any atom is -0.454 e. The van der Waals surface area contributed by atoms with E-state index in [9.17, 15) is 4.79 Å². The molecule has 5 unspecified atom stereocenters. The Morgan fingerprint density at radius 2 is 2.07 bits per heavy atom. The van der Waals surface area contributed by atoms with Crippen LogP contribution in [0.1, 0.15) is 19.8 Å². The highest BCUT2D eigenvalue weighted by Crippen LogP contribution is 2.34. The lowest BCUT2D eigenvalue weighted by Gasteiger charge is -2.61. The number of anilines is 1. The maximum atomic E-state index is 12.5. The summed E-state index contributed by atoms with van der Waals surface area (Å²) < 4.78 is 10.7. The van der Waals surface area contributed by atoms with Crippen molar-refractivity contribution < 1.29 is 14.3 Å². The van der Waals surface area contributed by atoms with Gasteiger partial charge in [0.25, 0.3) is 0 Å². The molecular weight excluding hydrogens is 348 g/mol. The van der Waals surface area contributed by atoms with Crippen LogP contribution in [0.5, 0.6) is 11.5 Å². The number of nitrogens with one attached hydrogen (secondary N) is 4. The van der Waals surface area contributed by atoms with Crippen LogP contribution in [-0.2, 0) is 0 Å². The first-order chi connectivity index (χ1) is 13.2. The van der Waals surface area contributed by atoms with Crippen molar-refractivity contribution in [3.05, 3.63) is 18.2 Å². The zero-order chi connectivity index (χ0) is 18.8. The number of hydrogen-bond donors (Lipinski definition) is 4. The Hall–Kier alpha value is -2.07. The smallest absolute Gasteiger partial charge is 0.321 e. The highest BCUT2D eigenvalue weighted by Gasteiger charge is 2.49. The van der Waals surface area contributed by atoms with Crippen molar-refractivity contribution >= 4 is 11.7 Å². The predicted octanol–water partition coefficient (Wildman–Crippen LogP) is 0.713. The number of amides is 2. The fourth-order valence-electron chi connectivity index (χ4n) is 3.84. The monoisotopic (exact) mass is 376 g/mol. The number of urea groups is 1. The molecular formula is C18H28N6O3. The van der Waals surface area contributed by atoms with E-state index in [0.717, 1.165) is 32.6 Å². The van der Waals surface area contributed by atoms with Gasteiger partial charge in [0, 0.05) is 17.8 Å². The van der Waals surface area contributed by atoms with Crippen LogP contribution in [-0.4, -0.2) is 67.9 Å². The summed E-state index contributed by atoms with van der Waals surface area (Å²) in [7, 11) is 1.97. The SMILES string of the molecule is CNCCCNC1CC(C)N2CN1C2NC(=O)Nc1ccc2c(c1)OCO2. The lowest BCUT2D eigenvalue weighted by molar-refractivity contribution is -0.209. The van der Waals surface area contributed by atoms with Gasteiger partial charge in [0.05, 0.1) is 12.8 Å². The zero-order valence-electron chi connectivity index (χ0n) is 15.8. The zero-order valence-corrected chi connectivity index (χ0v) is 15.8. The largest absolute Gasteiger partial charge is 0.454 e. The number of ether oxygens (including phenoxy) is 2. The lowest BCUT2D eigenvalue weighted by Crippen LogP contribution is -2.80. The Morgan fingerprint density at radius 1 is 1.22 bits per heavy atom. The van der Waals surface area contributed by atoms with Crippen molar-refractivity contribution in [3.8, 4) is 11.5 Å². The third-order valence-electron chi connectivity index (χ3n) is 5.36. The number of carbonyl (C=O) groups is 1. The van der Waals surface area contributed by atoms with E-state index in [1.54, 1.807) is 12.1 Å². The van der Waals surface area contributed by atoms with Gasteiger partial charge in [-0.1, -0.05) is 0 Å². The molecule has 3 saturated heterocycles. The van der Waals surface area contributed by atoms with Gasteiger partial charge >= 0.3 is 6.03 Å². The molecule has 1 aromatic rings. The number of benzene rings is 1. The first-order valence-corrected chi connectivity index (χ1v) is 9.52. The van der Waals surface area contributed by atoms with Crippen LogP contribution < -0.4 is 30.7 Å². The van der Waals surface area contributed by atoms with Gasteiger partial charge in [-0.3, -0.25) is 4.90 Å². The second kappa shape index (κ2) is 7.89. The molecule has 3 fully saturated rings. The second-order valence-corrected chi connectivity index (χ2v) is 7.22. The van der Waals surface area contributed by atoms with Crippen LogP contribution >= 0.6 is 0 Å². The van der Waals surface area contributed by atoms with Crippen molar-refractivity contribution in [2.45, 2.75) is 38.3 Å². The Kier molecular flexibility index (Phi) is 5.35. The maximum absolute atomic E-state index is 12.5. The summed E-state index contributed by atoms with van der Waals surface area (Å²) in [5.41, 5.74) is 0.682. The highest BCUT2D eigenvalue weighted by atomic mass is 16.7. The number of fused-ring (bicyclic) bond motifs is 3. The molecule has 0 saturated carbocycles. The Bertz CT molecular complexity index is 687. The van der Waals surface area contributed by atoms with E-state index < -0.39 is 0 Å². The molecule has 9 heteroatoms. The van der Waals surface area contributed by atoms with Gasteiger partial charge in [-0.25, -0.2) is 9.69 Å². The summed E-state index contributed by atoms with van der Waals surface area (Å²) in [5, 5.41) is 12.7. The van der Waals surface area contributed by atoms with Gasteiger partial charge < -0.3 is 30.7 Å². The molecule has 4 aliphatic rings. The molecule has 4 heterocycles. The minimum atomic E-state index is -0.225. The molecule has 2 amide bonds. The fraction of sp³-hybridized carbons (Fsp3) is 0.611. The van der Waals surface area contributed by atoms with E-state index in [2.05, 4.69) is 38.0 Å². The number of rotatable bonds is 7. The van der Waals surface area contributed by atoms with Gasteiger partial charge in [0.15, 0.2) is 11.5 Å². The van der Waals surface area contributed by atoms with Crippen LogP contribution in [0.3, 0.4) is 0 Å². The Labute approximate surface area is 159 Å². The molecule has 27 heavy (non-hydrogen) atoms. The summed E-state index contributed by atoms with van der Waals surface area (Å²) in [6.45, 7) is 5.27. The summed E-state index contributed by atoms with van der Waals surface area (Å²) in [6.07, 6.45) is 2.35. The van der Waals surface area contributed by atoms with Crippen LogP contribution in [0.4, 0.5) is 10.5 Å². The maximum Gasteiger partial charge on any atom is 0.321 e. The first-order valence-electron chi connectivity index (χ1n) is 9.52. The topological polar surface area (TPSA) is 90.1 Å². The summed E-state index contributed by atoms with van der Waals surface area (Å²) in [5.74, 6) is 1.35. The van der Waals surface area contributed by atoms with Gasteiger partial charge in [0.1, 0.15) is 6.29 Å². The summed E-state index contributed by atoms with van der Waals surface area (Å²) in [4.78, 5) is 17.1. The molecule has 4 N–H and O–H groups in total. The fourth-order valence-corrected chi connectivity index (χ4v) is 3.84. The number of nitrogens with zero attached hydrogens (tertiary/aromatic N) is 2. The average molecular weight is 376 g/mol. The quantitative estimate of drug-likeness (QED) is 0.521. The Morgan fingerprint density at radius 3 is 2.89 bits per heavy atom. The van der Waals surface area contributed by atoms with Crippen LogP contribution in [0.15, 0.2) is 18.2 Å². The summed E-state index contributed by atoms with van der Waals surface area (Å²) in [6, 6.07) is 5.59. The molecule has 9 nitrogen and oxygen atoms in total. The minimum absolute atomic E-state index is 0.0791. The highest BCUT2D eigenvalue weighted by molar-refractivity contribution is 5.89. The average Bonchev–Trinajstić information content (AvgIpc) is 3.10. The van der Waals surface area contributed by atoms with Gasteiger partial charge in [-0.05, 0) is 52.0 Å². The van der Waals surface area contributed by atoms with Crippen molar-refractivity contribution in [2.24, 2.45) is 0 Å². The summed E-state index contributed by atoms with van der Waals surface area (Å²) >= 11 is 0. The standard InChI is InChI=1S/C18H28N6O3/c1-12-8-16(20-7-3-6-19-2)24-10-23(12)18(24)22-17(25)21-13-4-5-14-15(9-13)27-11-26-14/h4-5,9,12,16,18-20H,3,6-8,10-11H2,1-2H3,(H2,21,22,25). The molecule has 2 bridgehead atoms. The van der Waals surface area contributed by atoms with E-state index in [-0.39, 0.29) is 25.3 Å². The predicted molar refractivity (Wildman–Crippen MR) is 101 cm³/mol. The van der Waals surface area contributed by atoms with Crippen LogP contribution in [0, 0.1) is 0 Å². The lowest BCUT2D eigenvalue weighted by atomic mass is 10.0.